The van der Waals surface area contributed by atoms with Gasteiger partial charge in [-0.05, 0) is 36.5 Å². The van der Waals surface area contributed by atoms with Gasteiger partial charge in [0.1, 0.15) is 16.7 Å². The van der Waals surface area contributed by atoms with Crippen LogP contribution in [0.2, 0.25) is 0 Å². The van der Waals surface area contributed by atoms with Gasteiger partial charge in [-0.25, -0.2) is 10.1 Å². The molecule has 0 spiro atoms. The van der Waals surface area contributed by atoms with Crippen molar-refractivity contribution in [3.05, 3.63) is 46.4 Å². The summed E-state index contributed by atoms with van der Waals surface area (Å²) in [5.41, 5.74) is 1.55. The lowest BCUT2D eigenvalue weighted by molar-refractivity contribution is 0.282. The topological polar surface area (TPSA) is 131 Å². The molecule has 0 amide bonds. The highest BCUT2D eigenvalue weighted by Gasteiger charge is 2.22. The quantitative estimate of drug-likeness (QED) is 0.602. The smallest absolute Gasteiger partial charge is 0.277 e. The molecule has 9 nitrogen and oxygen atoms in total. The molecule has 0 radical (unpaired) electrons. The highest BCUT2D eigenvalue weighted by molar-refractivity contribution is 5.90. The average Bonchev–Trinajstić information content (AvgIpc) is 2.74. The SMILES string of the molecule is N#CCC1CCN(c2nc(Nc3cccc(CO)c3)c3c(=O)[nH]ncc3n2)CC1. The standard InChI is InChI=1S/C20H21N7O2/c21-7-4-13-5-8-27(9-6-13)20-24-16-11-22-26-19(29)17(16)18(25-20)23-15-3-1-2-14(10-15)12-28/h1-3,10-11,13,28H,4-6,8-9,12H2,(H,26,29)(H,23,24,25). The van der Waals surface area contributed by atoms with Gasteiger partial charge in [0.25, 0.3) is 5.56 Å². The number of fused-ring (bicyclic) bond motifs is 1. The van der Waals surface area contributed by atoms with Crippen LogP contribution < -0.4 is 15.8 Å². The van der Waals surface area contributed by atoms with E-state index in [2.05, 4.69) is 36.5 Å². The monoisotopic (exact) mass is 391 g/mol. The second-order valence-electron chi connectivity index (χ2n) is 7.11. The van der Waals surface area contributed by atoms with E-state index >= 15 is 0 Å². The molecule has 148 valence electrons. The summed E-state index contributed by atoms with van der Waals surface area (Å²) in [7, 11) is 0. The Morgan fingerprint density at radius 1 is 1.31 bits per heavy atom. The molecule has 9 heteroatoms. The first-order valence-electron chi connectivity index (χ1n) is 9.52. The molecule has 0 atom stereocenters. The number of benzene rings is 1. The van der Waals surface area contributed by atoms with E-state index in [1.807, 2.05) is 18.2 Å². The molecule has 1 aliphatic rings. The zero-order chi connectivity index (χ0) is 20.2. The van der Waals surface area contributed by atoms with E-state index < -0.39 is 0 Å². The van der Waals surface area contributed by atoms with Crippen LogP contribution in [0.1, 0.15) is 24.8 Å². The number of hydrogen-bond donors (Lipinski definition) is 3. The Kier molecular flexibility index (Phi) is 5.35. The van der Waals surface area contributed by atoms with Gasteiger partial charge in [-0.15, -0.1) is 0 Å². The summed E-state index contributed by atoms with van der Waals surface area (Å²) >= 11 is 0. The normalized spacial score (nSPS) is 14.7. The van der Waals surface area contributed by atoms with Crippen LogP contribution in [-0.2, 0) is 6.61 Å². The number of nitrogens with zero attached hydrogens (tertiary/aromatic N) is 5. The van der Waals surface area contributed by atoms with Gasteiger partial charge in [0.15, 0.2) is 0 Å². The summed E-state index contributed by atoms with van der Waals surface area (Å²) in [4.78, 5) is 23.7. The van der Waals surface area contributed by atoms with E-state index in [1.165, 1.54) is 6.20 Å². The highest BCUT2D eigenvalue weighted by Crippen LogP contribution is 2.27. The van der Waals surface area contributed by atoms with Crippen LogP contribution >= 0.6 is 0 Å². The van der Waals surface area contributed by atoms with E-state index in [9.17, 15) is 9.90 Å². The van der Waals surface area contributed by atoms with E-state index in [-0.39, 0.29) is 12.2 Å². The predicted octanol–water partition coefficient (Wildman–Crippen LogP) is 2.08. The van der Waals surface area contributed by atoms with Crippen molar-refractivity contribution >= 4 is 28.4 Å². The van der Waals surface area contributed by atoms with Crippen LogP contribution in [0.25, 0.3) is 10.9 Å². The summed E-state index contributed by atoms with van der Waals surface area (Å²) in [5.74, 6) is 1.32. The molecule has 1 aliphatic heterocycles. The number of aliphatic hydroxyl groups excluding tert-OH is 1. The van der Waals surface area contributed by atoms with Gasteiger partial charge in [-0.1, -0.05) is 12.1 Å². The maximum atomic E-state index is 12.4. The Balaban J connectivity index is 1.71. The first-order chi connectivity index (χ1) is 14.2. The minimum absolute atomic E-state index is 0.0760. The first kappa shape index (κ1) is 18.8. The molecule has 0 unspecified atom stereocenters. The number of nitriles is 1. The van der Waals surface area contributed by atoms with Gasteiger partial charge in [0.05, 0.1) is 18.9 Å². The van der Waals surface area contributed by atoms with Crippen molar-refractivity contribution in [1.82, 2.24) is 20.2 Å². The Morgan fingerprint density at radius 2 is 2.14 bits per heavy atom. The van der Waals surface area contributed by atoms with E-state index in [0.29, 0.717) is 40.7 Å². The molecular weight excluding hydrogens is 370 g/mol. The highest BCUT2D eigenvalue weighted by atomic mass is 16.3. The number of hydrogen-bond acceptors (Lipinski definition) is 8. The maximum Gasteiger partial charge on any atom is 0.277 e. The summed E-state index contributed by atoms with van der Waals surface area (Å²) in [6, 6.07) is 9.53. The zero-order valence-electron chi connectivity index (χ0n) is 15.8. The molecule has 3 aromatic rings. The fraction of sp³-hybridized carbons (Fsp3) is 0.350. The Bertz CT molecular complexity index is 1110. The Morgan fingerprint density at radius 3 is 2.90 bits per heavy atom. The van der Waals surface area contributed by atoms with Gasteiger partial charge in [0, 0.05) is 25.2 Å². The zero-order valence-corrected chi connectivity index (χ0v) is 15.8. The molecule has 29 heavy (non-hydrogen) atoms. The van der Waals surface area contributed by atoms with E-state index in [1.54, 1.807) is 6.07 Å². The third-order valence-corrected chi connectivity index (χ3v) is 5.15. The second kappa shape index (κ2) is 8.24. The van der Waals surface area contributed by atoms with Gasteiger partial charge in [-0.3, -0.25) is 4.79 Å². The third-order valence-electron chi connectivity index (χ3n) is 5.15. The Labute approximate surface area is 167 Å². The lowest BCUT2D eigenvalue weighted by atomic mass is 9.94. The predicted molar refractivity (Wildman–Crippen MR) is 109 cm³/mol. The summed E-state index contributed by atoms with van der Waals surface area (Å²) in [6.45, 7) is 1.44. The van der Waals surface area contributed by atoms with Crippen LogP contribution in [0.4, 0.5) is 17.5 Å². The van der Waals surface area contributed by atoms with Crippen LogP contribution in [-0.4, -0.2) is 38.4 Å². The third kappa shape index (κ3) is 4.02. The maximum absolute atomic E-state index is 12.4. The van der Waals surface area contributed by atoms with Crippen molar-refractivity contribution in [2.45, 2.75) is 25.9 Å². The van der Waals surface area contributed by atoms with Crippen molar-refractivity contribution < 1.29 is 5.11 Å². The summed E-state index contributed by atoms with van der Waals surface area (Å²) < 4.78 is 0. The number of rotatable bonds is 5. The molecule has 0 bridgehead atoms. The molecule has 0 saturated carbocycles. The summed E-state index contributed by atoms with van der Waals surface area (Å²) in [5, 5.41) is 28.1. The van der Waals surface area contributed by atoms with Crippen molar-refractivity contribution in [2.75, 3.05) is 23.3 Å². The second-order valence-corrected chi connectivity index (χ2v) is 7.11. The largest absolute Gasteiger partial charge is 0.392 e. The van der Waals surface area contributed by atoms with E-state index in [4.69, 9.17) is 5.26 Å². The number of aromatic amines is 1. The molecule has 1 saturated heterocycles. The molecule has 4 rings (SSSR count). The number of piperidine rings is 1. The van der Waals surface area contributed by atoms with Gasteiger partial charge in [0.2, 0.25) is 5.95 Å². The molecule has 2 aromatic heterocycles. The molecule has 3 heterocycles. The Hall–Kier alpha value is -3.51. The number of aromatic nitrogens is 4. The molecular formula is C20H21N7O2. The van der Waals surface area contributed by atoms with Crippen LogP contribution in [0.15, 0.2) is 35.3 Å². The number of nitrogens with one attached hydrogen (secondary N) is 2. The molecule has 1 fully saturated rings. The lowest BCUT2D eigenvalue weighted by Crippen LogP contribution is -2.35. The number of H-pyrrole nitrogens is 1. The summed E-state index contributed by atoms with van der Waals surface area (Å²) in [6.07, 6.45) is 3.90. The van der Waals surface area contributed by atoms with Crippen molar-refractivity contribution in [3.8, 4) is 6.07 Å². The molecule has 1 aromatic carbocycles. The van der Waals surface area contributed by atoms with Gasteiger partial charge in [-0.2, -0.15) is 15.3 Å². The fourth-order valence-electron chi connectivity index (χ4n) is 3.57. The molecule has 3 N–H and O–H groups in total. The van der Waals surface area contributed by atoms with Gasteiger partial charge < -0.3 is 15.3 Å². The minimum Gasteiger partial charge on any atom is -0.392 e. The lowest BCUT2D eigenvalue weighted by Gasteiger charge is -2.31. The number of anilines is 3. The van der Waals surface area contributed by atoms with E-state index in [0.717, 1.165) is 31.5 Å². The fourth-order valence-corrected chi connectivity index (χ4v) is 3.57. The van der Waals surface area contributed by atoms with Crippen LogP contribution in [0.3, 0.4) is 0 Å². The first-order valence-corrected chi connectivity index (χ1v) is 9.52. The van der Waals surface area contributed by atoms with Crippen LogP contribution in [0.5, 0.6) is 0 Å². The van der Waals surface area contributed by atoms with Crippen molar-refractivity contribution in [3.63, 3.8) is 0 Å². The number of aliphatic hydroxyl groups is 1. The molecule has 0 aliphatic carbocycles. The minimum atomic E-state index is -0.373. The average molecular weight is 391 g/mol. The van der Waals surface area contributed by atoms with Gasteiger partial charge >= 0.3 is 0 Å². The van der Waals surface area contributed by atoms with Crippen LogP contribution in [0, 0.1) is 17.2 Å². The van der Waals surface area contributed by atoms with Crippen molar-refractivity contribution in [1.29, 1.82) is 5.26 Å². The van der Waals surface area contributed by atoms with Crippen molar-refractivity contribution in [2.24, 2.45) is 5.92 Å².